The number of amides is 1. The minimum Gasteiger partial charge on any atom is -0.346 e. The number of carbonyl (C=O) groups excluding carboxylic acids is 1. The lowest BCUT2D eigenvalue weighted by molar-refractivity contribution is -0.127. The maximum absolute atomic E-state index is 13.3. The first-order valence-electron chi connectivity index (χ1n) is 8.64. The van der Waals surface area contributed by atoms with E-state index >= 15 is 0 Å². The van der Waals surface area contributed by atoms with Crippen LogP contribution in [0, 0.1) is 11.7 Å². The average molecular weight is 345 g/mol. The molecule has 0 saturated carbocycles. The van der Waals surface area contributed by atoms with E-state index in [9.17, 15) is 9.18 Å². The summed E-state index contributed by atoms with van der Waals surface area (Å²) in [4.78, 5) is 14.8. The fraction of sp³-hybridized carbons (Fsp3) is 0.500. The van der Waals surface area contributed by atoms with Crippen LogP contribution in [0.4, 0.5) is 4.39 Å². The molecule has 1 amide bonds. The van der Waals surface area contributed by atoms with Gasteiger partial charge < -0.3 is 9.88 Å². The van der Waals surface area contributed by atoms with Crippen molar-refractivity contribution >= 4 is 5.91 Å². The molecule has 134 valence electrons. The van der Waals surface area contributed by atoms with Crippen molar-refractivity contribution in [2.75, 3.05) is 13.1 Å². The molecule has 1 fully saturated rings. The SMILES string of the molecule is CC(NC(=O)C1CCCN(Cc2cccc(F)c2)C1)c1nncn1C. The Morgan fingerprint density at radius 3 is 3.04 bits per heavy atom. The van der Waals surface area contributed by atoms with Gasteiger partial charge in [0, 0.05) is 20.1 Å². The highest BCUT2D eigenvalue weighted by molar-refractivity contribution is 5.79. The quantitative estimate of drug-likeness (QED) is 0.901. The highest BCUT2D eigenvalue weighted by Gasteiger charge is 2.27. The number of nitrogens with zero attached hydrogens (tertiary/aromatic N) is 4. The second-order valence-corrected chi connectivity index (χ2v) is 6.73. The predicted molar refractivity (Wildman–Crippen MR) is 92.0 cm³/mol. The van der Waals surface area contributed by atoms with Gasteiger partial charge >= 0.3 is 0 Å². The van der Waals surface area contributed by atoms with E-state index < -0.39 is 0 Å². The van der Waals surface area contributed by atoms with Crippen molar-refractivity contribution in [3.05, 3.63) is 47.8 Å². The van der Waals surface area contributed by atoms with E-state index in [0.29, 0.717) is 13.1 Å². The van der Waals surface area contributed by atoms with Crippen molar-refractivity contribution in [3.63, 3.8) is 0 Å². The molecule has 1 N–H and O–H groups in total. The molecule has 0 bridgehead atoms. The fourth-order valence-electron chi connectivity index (χ4n) is 3.39. The molecule has 6 nitrogen and oxygen atoms in total. The van der Waals surface area contributed by atoms with Gasteiger partial charge in [0.15, 0.2) is 5.82 Å². The third-order valence-electron chi connectivity index (χ3n) is 4.66. The zero-order valence-corrected chi connectivity index (χ0v) is 14.7. The van der Waals surface area contributed by atoms with E-state index in [1.807, 2.05) is 24.6 Å². The lowest BCUT2D eigenvalue weighted by Gasteiger charge is -2.32. The molecule has 0 spiro atoms. The summed E-state index contributed by atoms with van der Waals surface area (Å²) in [7, 11) is 1.86. The Kier molecular flexibility index (Phi) is 5.43. The van der Waals surface area contributed by atoms with E-state index in [1.165, 1.54) is 6.07 Å². The van der Waals surface area contributed by atoms with Crippen LogP contribution in [-0.4, -0.2) is 38.7 Å². The van der Waals surface area contributed by atoms with Crippen molar-refractivity contribution in [2.45, 2.75) is 32.4 Å². The van der Waals surface area contributed by atoms with E-state index in [4.69, 9.17) is 0 Å². The molecule has 2 unspecified atom stereocenters. The molecule has 1 saturated heterocycles. The topological polar surface area (TPSA) is 63.1 Å². The lowest BCUT2D eigenvalue weighted by Crippen LogP contribution is -2.43. The highest BCUT2D eigenvalue weighted by Crippen LogP contribution is 2.20. The summed E-state index contributed by atoms with van der Waals surface area (Å²) in [5.74, 6) is 0.500. The Labute approximate surface area is 147 Å². The Balaban J connectivity index is 1.57. The van der Waals surface area contributed by atoms with Crippen LogP contribution >= 0.6 is 0 Å². The summed E-state index contributed by atoms with van der Waals surface area (Å²) < 4.78 is 15.1. The van der Waals surface area contributed by atoms with E-state index in [0.717, 1.165) is 30.8 Å². The Morgan fingerprint density at radius 1 is 1.48 bits per heavy atom. The molecule has 25 heavy (non-hydrogen) atoms. The van der Waals surface area contributed by atoms with Crippen molar-refractivity contribution in [1.29, 1.82) is 0 Å². The van der Waals surface area contributed by atoms with Crippen LogP contribution in [0.25, 0.3) is 0 Å². The number of halogens is 1. The van der Waals surface area contributed by atoms with Gasteiger partial charge in [-0.15, -0.1) is 10.2 Å². The molecule has 2 aromatic rings. The second-order valence-electron chi connectivity index (χ2n) is 6.73. The van der Waals surface area contributed by atoms with Crippen LogP contribution in [0.3, 0.4) is 0 Å². The Bertz CT molecular complexity index is 732. The molecule has 2 heterocycles. The molecule has 1 aliphatic rings. The molecule has 0 radical (unpaired) electrons. The van der Waals surface area contributed by atoms with Gasteiger partial charge in [-0.25, -0.2) is 4.39 Å². The molecule has 2 atom stereocenters. The number of hydrogen-bond acceptors (Lipinski definition) is 4. The van der Waals surface area contributed by atoms with Gasteiger partial charge in [0.2, 0.25) is 5.91 Å². The normalized spacial score (nSPS) is 19.6. The Morgan fingerprint density at radius 2 is 2.32 bits per heavy atom. The zero-order chi connectivity index (χ0) is 17.8. The van der Waals surface area contributed by atoms with E-state index in [2.05, 4.69) is 20.4 Å². The third-order valence-corrected chi connectivity index (χ3v) is 4.66. The molecular weight excluding hydrogens is 321 g/mol. The summed E-state index contributed by atoms with van der Waals surface area (Å²) in [5, 5.41) is 10.9. The number of aromatic nitrogens is 3. The lowest BCUT2D eigenvalue weighted by atomic mass is 9.96. The maximum atomic E-state index is 13.3. The number of aryl methyl sites for hydroxylation is 1. The largest absolute Gasteiger partial charge is 0.346 e. The molecule has 3 rings (SSSR count). The van der Waals surface area contributed by atoms with Crippen LogP contribution in [-0.2, 0) is 18.4 Å². The van der Waals surface area contributed by atoms with Gasteiger partial charge in [0.05, 0.1) is 12.0 Å². The van der Waals surface area contributed by atoms with Crippen molar-refractivity contribution in [3.8, 4) is 0 Å². The average Bonchev–Trinajstić information content (AvgIpc) is 3.01. The number of piperidine rings is 1. The number of nitrogens with one attached hydrogen (secondary N) is 1. The van der Waals surface area contributed by atoms with E-state index in [-0.39, 0.29) is 23.7 Å². The number of rotatable bonds is 5. The Hall–Kier alpha value is -2.28. The van der Waals surface area contributed by atoms with Gasteiger partial charge in [-0.3, -0.25) is 9.69 Å². The summed E-state index contributed by atoms with van der Waals surface area (Å²) in [6, 6.07) is 6.46. The van der Waals surface area contributed by atoms with Gasteiger partial charge in [-0.2, -0.15) is 0 Å². The molecule has 0 aliphatic carbocycles. The monoisotopic (exact) mass is 345 g/mol. The molecule has 1 aromatic heterocycles. The molecular formula is C18H24FN5O. The summed E-state index contributed by atoms with van der Waals surface area (Å²) >= 11 is 0. The molecule has 1 aliphatic heterocycles. The summed E-state index contributed by atoms with van der Waals surface area (Å²) in [6.07, 6.45) is 3.46. The van der Waals surface area contributed by atoms with Gasteiger partial charge in [0.25, 0.3) is 0 Å². The fourth-order valence-corrected chi connectivity index (χ4v) is 3.39. The standard InChI is InChI=1S/C18H24FN5O/c1-13(17-22-20-12-23(17)2)21-18(25)15-6-4-8-24(11-15)10-14-5-3-7-16(19)9-14/h3,5,7,9,12-13,15H,4,6,8,10-11H2,1-2H3,(H,21,25). The number of benzene rings is 1. The first-order valence-corrected chi connectivity index (χ1v) is 8.64. The smallest absolute Gasteiger partial charge is 0.224 e. The van der Waals surface area contributed by atoms with Crippen molar-refractivity contribution in [1.82, 2.24) is 25.0 Å². The maximum Gasteiger partial charge on any atom is 0.224 e. The van der Waals surface area contributed by atoms with Crippen molar-refractivity contribution < 1.29 is 9.18 Å². The number of hydrogen-bond donors (Lipinski definition) is 1. The minimum atomic E-state index is -0.221. The van der Waals surface area contributed by atoms with Crippen LogP contribution in [0.1, 0.15) is 37.2 Å². The second kappa shape index (κ2) is 7.74. The summed E-state index contributed by atoms with van der Waals surface area (Å²) in [5.41, 5.74) is 0.938. The van der Waals surface area contributed by atoms with Crippen LogP contribution in [0.2, 0.25) is 0 Å². The minimum absolute atomic E-state index is 0.0412. The van der Waals surface area contributed by atoms with Crippen LogP contribution in [0.15, 0.2) is 30.6 Å². The van der Waals surface area contributed by atoms with Gasteiger partial charge in [-0.1, -0.05) is 12.1 Å². The van der Waals surface area contributed by atoms with Crippen LogP contribution < -0.4 is 5.32 Å². The van der Waals surface area contributed by atoms with Gasteiger partial charge in [-0.05, 0) is 44.0 Å². The van der Waals surface area contributed by atoms with Crippen LogP contribution in [0.5, 0.6) is 0 Å². The first kappa shape index (κ1) is 17.5. The number of likely N-dealkylation sites (tertiary alicyclic amines) is 1. The third kappa shape index (κ3) is 4.42. The number of carbonyl (C=O) groups is 1. The predicted octanol–water partition coefficient (Wildman–Crippen LogP) is 2.04. The first-order chi connectivity index (χ1) is 12.0. The highest BCUT2D eigenvalue weighted by atomic mass is 19.1. The molecule has 1 aromatic carbocycles. The van der Waals surface area contributed by atoms with Gasteiger partial charge in [0.1, 0.15) is 12.1 Å². The zero-order valence-electron chi connectivity index (χ0n) is 14.7. The summed E-state index contributed by atoms with van der Waals surface area (Å²) in [6.45, 7) is 4.20. The van der Waals surface area contributed by atoms with E-state index in [1.54, 1.807) is 18.5 Å². The molecule has 7 heteroatoms. The van der Waals surface area contributed by atoms with Crippen molar-refractivity contribution in [2.24, 2.45) is 13.0 Å².